The number of benzene rings is 1. The summed E-state index contributed by atoms with van der Waals surface area (Å²) in [5.74, 6) is 0.713. The Bertz CT molecular complexity index is 338. The lowest BCUT2D eigenvalue weighted by Gasteiger charge is -2.27. The van der Waals surface area contributed by atoms with Crippen LogP contribution in [0, 0.1) is 12.8 Å². The van der Waals surface area contributed by atoms with Crippen LogP contribution in [0.1, 0.15) is 57.2 Å². The van der Waals surface area contributed by atoms with Gasteiger partial charge in [0.25, 0.3) is 0 Å². The quantitative estimate of drug-likeness (QED) is 0.726. The molecule has 1 N–H and O–H groups in total. The SMILES string of the molecule is CCCNC(c1cc(C)cc(Br)c1)C(CC)CC. The minimum atomic E-state index is 0.483. The van der Waals surface area contributed by atoms with Crippen LogP contribution in [0.3, 0.4) is 0 Å². The maximum atomic E-state index is 3.72. The number of hydrogen-bond donors (Lipinski definition) is 1. The van der Waals surface area contributed by atoms with E-state index in [9.17, 15) is 0 Å². The highest BCUT2D eigenvalue weighted by Gasteiger charge is 2.20. The van der Waals surface area contributed by atoms with E-state index in [1.807, 2.05) is 0 Å². The van der Waals surface area contributed by atoms with Gasteiger partial charge in [0.15, 0.2) is 0 Å². The van der Waals surface area contributed by atoms with Gasteiger partial charge in [-0.3, -0.25) is 0 Å². The minimum absolute atomic E-state index is 0.483. The van der Waals surface area contributed by atoms with Gasteiger partial charge in [0.2, 0.25) is 0 Å². The average molecular weight is 312 g/mol. The Morgan fingerprint density at radius 1 is 1.11 bits per heavy atom. The van der Waals surface area contributed by atoms with Crippen molar-refractivity contribution in [3.8, 4) is 0 Å². The molecular formula is C16H26BrN. The van der Waals surface area contributed by atoms with Crippen molar-refractivity contribution in [1.29, 1.82) is 0 Å². The highest BCUT2D eigenvalue weighted by atomic mass is 79.9. The molecule has 0 heterocycles. The van der Waals surface area contributed by atoms with Crippen molar-refractivity contribution < 1.29 is 0 Å². The molecular weight excluding hydrogens is 286 g/mol. The smallest absolute Gasteiger partial charge is 0.0348 e. The van der Waals surface area contributed by atoms with Gasteiger partial charge in [0.05, 0.1) is 0 Å². The van der Waals surface area contributed by atoms with E-state index in [-0.39, 0.29) is 0 Å². The van der Waals surface area contributed by atoms with Gasteiger partial charge in [-0.15, -0.1) is 0 Å². The van der Waals surface area contributed by atoms with Gasteiger partial charge in [-0.05, 0) is 49.1 Å². The third-order valence-corrected chi connectivity index (χ3v) is 4.02. The minimum Gasteiger partial charge on any atom is -0.310 e. The van der Waals surface area contributed by atoms with E-state index in [1.165, 1.54) is 34.9 Å². The van der Waals surface area contributed by atoms with Crippen molar-refractivity contribution in [3.05, 3.63) is 33.8 Å². The van der Waals surface area contributed by atoms with Crippen LogP contribution in [0.4, 0.5) is 0 Å². The van der Waals surface area contributed by atoms with E-state index in [1.54, 1.807) is 0 Å². The molecule has 2 heteroatoms. The monoisotopic (exact) mass is 311 g/mol. The molecule has 0 bridgehead atoms. The van der Waals surface area contributed by atoms with Gasteiger partial charge in [0.1, 0.15) is 0 Å². The first-order chi connectivity index (χ1) is 8.62. The van der Waals surface area contributed by atoms with Gasteiger partial charge in [-0.2, -0.15) is 0 Å². The Morgan fingerprint density at radius 2 is 1.78 bits per heavy atom. The maximum Gasteiger partial charge on any atom is 0.0348 e. The molecule has 0 saturated heterocycles. The molecule has 18 heavy (non-hydrogen) atoms. The average Bonchev–Trinajstić information content (AvgIpc) is 2.33. The Labute approximate surface area is 120 Å². The van der Waals surface area contributed by atoms with Crippen molar-refractivity contribution in [2.24, 2.45) is 5.92 Å². The Hall–Kier alpha value is -0.340. The number of aryl methyl sites for hydroxylation is 1. The van der Waals surface area contributed by atoms with Gasteiger partial charge < -0.3 is 5.32 Å². The summed E-state index contributed by atoms with van der Waals surface area (Å²) in [4.78, 5) is 0. The zero-order valence-corrected chi connectivity index (χ0v) is 13.7. The van der Waals surface area contributed by atoms with E-state index >= 15 is 0 Å². The second-order valence-corrected chi connectivity index (χ2v) is 5.99. The molecule has 102 valence electrons. The second-order valence-electron chi connectivity index (χ2n) is 5.07. The van der Waals surface area contributed by atoms with Crippen LogP contribution in [0.15, 0.2) is 22.7 Å². The van der Waals surface area contributed by atoms with Crippen LogP contribution in [-0.2, 0) is 0 Å². The van der Waals surface area contributed by atoms with Crippen LogP contribution in [0.5, 0.6) is 0 Å². The van der Waals surface area contributed by atoms with E-state index in [0.29, 0.717) is 12.0 Å². The fourth-order valence-corrected chi connectivity index (χ4v) is 3.19. The lowest BCUT2D eigenvalue weighted by atomic mass is 9.88. The first-order valence-corrected chi connectivity index (χ1v) is 7.92. The van der Waals surface area contributed by atoms with E-state index in [2.05, 4.69) is 67.1 Å². The fourth-order valence-electron chi connectivity index (χ4n) is 2.56. The van der Waals surface area contributed by atoms with Crippen LogP contribution in [-0.4, -0.2) is 6.54 Å². The Balaban J connectivity index is 2.99. The van der Waals surface area contributed by atoms with Crippen molar-refractivity contribution >= 4 is 15.9 Å². The molecule has 0 saturated carbocycles. The zero-order chi connectivity index (χ0) is 13.5. The van der Waals surface area contributed by atoms with Crippen LogP contribution in [0.25, 0.3) is 0 Å². The van der Waals surface area contributed by atoms with Crippen molar-refractivity contribution in [1.82, 2.24) is 5.32 Å². The van der Waals surface area contributed by atoms with Crippen molar-refractivity contribution in [3.63, 3.8) is 0 Å². The highest BCUT2D eigenvalue weighted by molar-refractivity contribution is 9.10. The van der Waals surface area contributed by atoms with E-state index in [0.717, 1.165) is 6.54 Å². The highest BCUT2D eigenvalue weighted by Crippen LogP contribution is 2.30. The maximum absolute atomic E-state index is 3.72. The summed E-state index contributed by atoms with van der Waals surface area (Å²) in [6.07, 6.45) is 3.64. The fraction of sp³-hybridized carbons (Fsp3) is 0.625. The summed E-state index contributed by atoms with van der Waals surface area (Å²) in [7, 11) is 0. The first kappa shape index (κ1) is 15.7. The van der Waals surface area contributed by atoms with E-state index < -0.39 is 0 Å². The standard InChI is InChI=1S/C16H26BrN/c1-5-8-18-16(13(6-2)7-3)14-9-12(4)10-15(17)11-14/h9-11,13,16,18H,5-8H2,1-4H3. The zero-order valence-electron chi connectivity index (χ0n) is 12.1. The topological polar surface area (TPSA) is 12.0 Å². The molecule has 1 unspecified atom stereocenters. The van der Waals surface area contributed by atoms with Gasteiger partial charge in [-0.25, -0.2) is 0 Å². The molecule has 0 radical (unpaired) electrons. The molecule has 0 fully saturated rings. The van der Waals surface area contributed by atoms with Gasteiger partial charge in [-0.1, -0.05) is 55.6 Å². The molecule has 1 atom stereocenters. The second kappa shape index (κ2) is 7.96. The number of nitrogens with one attached hydrogen (secondary N) is 1. The molecule has 1 aromatic rings. The van der Waals surface area contributed by atoms with Gasteiger partial charge >= 0.3 is 0 Å². The Kier molecular flexibility index (Phi) is 6.95. The molecule has 0 amide bonds. The van der Waals surface area contributed by atoms with Gasteiger partial charge in [0, 0.05) is 10.5 Å². The lowest BCUT2D eigenvalue weighted by molar-refractivity contribution is 0.341. The Morgan fingerprint density at radius 3 is 2.28 bits per heavy atom. The lowest BCUT2D eigenvalue weighted by Crippen LogP contribution is -2.28. The summed E-state index contributed by atoms with van der Waals surface area (Å²) < 4.78 is 1.19. The summed E-state index contributed by atoms with van der Waals surface area (Å²) in [5, 5.41) is 3.72. The van der Waals surface area contributed by atoms with E-state index in [4.69, 9.17) is 0 Å². The normalized spacial score (nSPS) is 13.0. The third-order valence-electron chi connectivity index (χ3n) is 3.56. The molecule has 0 aliphatic heterocycles. The first-order valence-electron chi connectivity index (χ1n) is 7.12. The summed E-state index contributed by atoms with van der Waals surface area (Å²) in [5.41, 5.74) is 2.75. The largest absolute Gasteiger partial charge is 0.310 e. The predicted molar refractivity (Wildman–Crippen MR) is 84.0 cm³/mol. The van der Waals surface area contributed by atoms with Crippen LogP contribution >= 0.6 is 15.9 Å². The molecule has 0 aromatic heterocycles. The molecule has 0 aliphatic carbocycles. The number of hydrogen-bond acceptors (Lipinski definition) is 1. The molecule has 1 nitrogen and oxygen atoms in total. The molecule has 1 aromatic carbocycles. The molecule has 1 rings (SSSR count). The van der Waals surface area contributed by atoms with Crippen LogP contribution < -0.4 is 5.32 Å². The van der Waals surface area contributed by atoms with Crippen molar-refractivity contribution in [2.75, 3.05) is 6.54 Å². The summed E-state index contributed by atoms with van der Waals surface area (Å²) in [6.45, 7) is 10.1. The molecule has 0 aliphatic rings. The van der Waals surface area contributed by atoms with Crippen molar-refractivity contribution in [2.45, 2.75) is 53.0 Å². The third kappa shape index (κ3) is 4.40. The van der Waals surface area contributed by atoms with Crippen LogP contribution in [0.2, 0.25) is 0 Å². The molecule has 0 spiro atoms. The number of rotatable bonds is 7. The summed E-state index contributed by atoms with van der Waals surface area (Å²) in [6, 6.07) is 7.23. The summed E-state index contributed by atoms with van der Waals surface area (Å²) >= 11 is 3.61. The number of halogens is 1. The predicted octanol–water partition coefficient (Wildman–Crippen LogP) is 5.23.